The fourth-order valence-electron chi connectivity index (χ4n) is 3.79. The molecule has 2 N–H and O–H groups in total. The van der Waals surface area contributed by atoms with Gasteiger partial charge < -0.3 is 10.2 Å². The Labute approximate surface area is 190 Å². The average molecular weight is 460 g/mol. The standard InChI is InChI=1S/C24H46NO5P/c1-3-5-7-8-9-10-11-12-13-14-15-16-18-19-23-22(21-29-31(27,28)30-23)25-24(26)20-17-6-4-2/h18-19,22-23H,3-17,20-21H2,1-2H3,(H,25,26)(H,27,28)/b19-18+/t22-,23?/m0/s1. The number of phosphoric acid groups is 1. The molecule has 0 saturated carbocycles. The van der Waals surface area contributed by atoms with Gasteiger partial charge in [0.2, 0.25) is 5.91 Å². The molecule has 0 aromatic rings. The summed E-state index contributed by atoms with van der Waals surface area (Å²) >= 11 is 0. The number of rotatable bonds is 18. The minimum absolute atomic E-state index is 0.0131. The summed E-state index contributed by atoms with van der Waals surface area (Å²) in [6.07, 6.45) is 21.8. The van der Waals surface area contributed by atoms with Crippen LogP contribution in [0, 0.1) is 0 Å². The van der Waals surface area contributed by atoms with Gasteiger partial charge in [0.15, 0.2) is 0 Å². The van der Waals surface area contributed by atoms with Crippen LogP contribution in [0.4, 0.5) is 0 Å². The largest absolute Gasteiger partial charge is 0.472 e. The molecule has 0 spiro atoms. The van der Waals surface area contributed by atoms with Crippen molar-refractivity contribution in [3.05, 3.63) is 12.2 Å². The minimum atomic E-state index is -4.04. The van der Waals surface area contributed by atoms with Gasteiger partial charge >= 0.3 is 7.82 Å². The number of allylic oxidation sites excluding steroid dienone is 1. The zero-order chi connectivity index (χ0) is 22.8. The highest BCUT2D eigenvalue weighted by Gasteiger charge is 2.37. The topological polar surface area (TPSA) is 84.9 Å². The van der Waals surface area contributed by atoms with E-state index in [0.717, 1.165) is 32.1 Å². The summed E-state index contributed by atoms with van der Waals surface area (Å²) in [4.78, 5) is 21.7. The van der Waals surface area contributed by atoms with Crippen molar-refractivity contribution in [1.82, 2.24) is 5.32 Å². The Morgan fingerprint density at radius 2 is 1.48 bits per heavy atom. The first-order valence-corrected chi connectivity index (χ1v) is 14.1. The Hall–Kier alpha value is -0.680. The van der Waals surface area contributed by atoms with E-state index < -0.39 is 20.0 Å². The summed E-state index contributed by atoms with van der Waals surface area (Å²) in [5.41, 5.74) is 0. The number of carbonyl (C=O) groups excluding carboxylic acids is 1. The van der Waals surface area contributed by atoms with Gasteiger partial charge in [0.05, 0.1) is 12.6 Å². The van der Waals surface area contributed by atoms with Crippen molar-refractivity contribution in [2.24, 2.45) is 0 Å². The predicted molar refractivity (Wildman–Crippen MR) is 127 cm³/mol. The van der Waals surface area contributed by atoms with Gasteiger partial charge in [-0.1, -0.05) is 103 Å². The number of carbonyl (C=O) groups is 1. The number of phosphoric ester groups is 1. The maximum Gasteiger partial charge on any atom is 0.472 e. The second-order valence-corrected chi connectivity index (χ2v) is 10.1. The lowest BCUT2D eigenvalue weighted by Gasteiger charge is -2.32. The van der Waals surface area contributed by atoms with E-state index in [2.05, 4.69) is 19.2 Å². The highest BCUT2D eigenvalue weighted by molar-refractivity contribution is 7.47. The fraction of sp³-hybridized carbons (Fsp3) is 0.875. The van der Waals surface area contributed by atoms with Crippen LogP contribution in [0.2, 0.25) is 0 Å². The van der Waals surface area contributed by atoms with E-state index in [0.29, 0.717) is 6.42 Å². The third kappa shape index (κ3) is 14.9. The van der Waals surface area contributed by atoms with Gasteiger partial charge in [0.25, 0.3) is 0 Å². The van der Waals surface area contributed by atoms with Crippen LogP contribution in [-0.2, 0) is 18.4 Å². The number of unbranched alkanes of at least 4 members (excludes halogenated alkanes) is 13. The van der Waals surface area contributed by atoms with Gasteiger partial charge in [-0.3, -0.25) is 13.8 Å². The number of nitrogens with one attached hydrogen (secondary N) is 1. The van der Waals surface area contributed by atoms with Crippen LogP contribution >= 0.6 is 7.82 Å². The second-order valence-electron chi connectivity index (χ2n) is 8.72. The van der Waals surface area contributed by atoms with Gasteiger partial charge in [-0.2, -0.15) is 0 Å². The van der Waals surface area contributed by atoms with E-state index >= 15 is 0 Å². The van der Waals surface area contributed by atoms with Crippen molar-refractivity contribution < 1.29 is 23.3 Å². The quantitative estimate of drug-likeness (QED) is 0.133. The minimum Gasteiger partial charge on any atom is -0.348 e. The lowest BCUT2D eigenvalue weighted by molar-refractivity contribution is -0.123. The Morgan fingerprint density at radius 3 is 2.10 bits per heavy atom. The van der Waals surface area contributed by atoms with Crippen LogP contribution in [0.5, 0.6) is 0 Å². The zero-order valence-electron chi connectivity index (χ0n) is 19.9. The summed E-state index contributed by atoms with van der Waals surface area (Å²) in [5, 5.41) is 2.89. The predicted octanol–water partition coefficient (Wildman–Crippen LogP) is 6.82. The molecule has 2 unspecified atom stereocenters. The zero-order valence-corrected chi connectivity index (χ0v) is 20.8. The van der Waals surface area contributed by atoms with Crippen LogP contribution < -0.4 is 5.32 Å². The van der Waals surface area contributed by atoms with Gasteiger partial charge in [0.1, 0.15) is 6.10 Å². The first-order valence-electron chi connectivity index (χ1n) is 12.6. The van der Waals surface area contributed by atoms with E-state index in [4.69, 9.17) is 9.05 Å². The Bertz CT molecular complexity index is 540. The molecule has 1 amide bonds. The van der Waals surface area contributed by atoms with Gasteiger partial charge in [-0.05, 0) is 19.3 Å². The molecule has 31 heavy (non-hydrogen) atoms. The molecule has 1 saturated heterocycles. The molecule has 0 radical (unpaired) electrons. The Morgan fingerprint density at radius 1 is 0.935 bits per heavy atom. The Balaban J connectivity index is 2.21. The van der Waals surface area contributed by atoms with Crippen LogP contribution in [0.15, 0.2) is 12.2 Å². The SMILES string of the molecule is CCCCCCCCCCCCC/C=C/C1OP(=O)(O)OC[C@@H]1NC(=O)CCCCC. The first kappa shape index (κ1) is 28.4. The van der Waals surface area contributed by atoms with E-state index in [-0.39, 0.29) is 12.5 Å². The lowest BCUT2D eigenvalue weighted by Crippen LogP contribution is -2.48. The summed E-state index contributed by atoms with van der Waals surface area (Å²) in [6, 6.07) is -0.433. The van der Waals surface area contributed by atoms with Crippen molar-refractivity contribution in [2.45, 2.75) is 129 Å². The monoisotopic (exact) mass is 459 g/mol. The van der Waals surface area contributed by atoms with Crippen LogP contribution in [0.3, 0.4) is 0 Å². The first-order chi connectivity index (χ1) is 15.0. The van der Waals surface area contributed by atoms with Crippen molar-refractivity contribution in [3.63, 3.8) is 0 Å². The maximum atomic E-state index is 12.1. The normalized spacial score (nSPS) is 24.0. The lowest BCUT2D eigenvalue weighted by atomic mass is 10.0. The van der Waals surface area contributed by atoms with Crippen LogP contribution in [0.1, 0.15) is 117 Å². The number of hydrogen-bond donors (Lipinski definition) is 2. The van der Waals surface area contributed by atoms with Gasteiger partial charge in [-0.15, -0.1) is 0 Å². The third-order valence-corrected chi connectivity index (χ3v) is 6.71. The van der Waals surface area contributed by atoms with E-state index in [9.17, 15) is 14.3 Å². The van der Waals surface area contributed by atoms with Crippen LogP contribution in [-0.4, -0.2) is 29.6 Å². The molecule has 1 rings (SSSR count). The van der Waals surface area contributed by atoms with Crippen molar-refractivity contribution in [1.29, 1.82) is 0 Å². The molecule has 3 atom stereocenters. The van der Waals surface area contributed by atoms with Crippen LogP contribution in [0.25, 0.3) is 0 Å². The second kappa shape index (κ2) is 17.8. The molecule has 1 fully saturated rings. The molecular weight excluding hydrogens is 413 g/mol. The van der Waals surface area contributed by atoms with Crippen molar-refractivity contribution >= 4 is 13.7 Å². The summed E-state index contributed by atoms with van der Waals surface area (Å²) in [7, 11) is -4.04. The highest BCUT2D eigenvalue weighted by atomic mass is 31.2. The highest BCUT2D eigenvalue weighted by Crippen LogP contribution is 2.48. The van der Waals surface area contributed by atoms with Crippen molar-refractivity contribution in [3.8, 4) is 0 Å². The maximum absolute atomic E-state index is 12.1. The van der Waals surface area contributed by atoms with E-state index in [1.165, 1.54) is 64.2 Å². The molecule has 1 aliphatic rings. The third-order valence-electron chi connectivity index (χ3n) is 5.72. The molecule has 0 aliphatic carbocycles. The smallest absolute Gasteiger partial charge is 0.348 e. The molecule has 7 heteroatoms. The van der Waals surface area contributed by atoms with Gasteiger partial charge in [0, 0.05) is 6.42 Å². The number of amides is 1. The molecule has 0 bridgehead atoms. The van der Waals surface area contributed by atoms with Crippen molar-refractivity contribution in [2.75, 3.05) is 6.61 Å². The average Bonchev–Trinajstić information content (AvgIpc) is 2.73. The fourth-order valence-corrected chi connectivity index (χ4v) is 4.73. The summed E-state index contributed by atoms with van der Waals surface area (Å²) < 4.78 is 21.9. The molecule has 0 aromatic heterocycles. The Kier molecular flexibility index (Phi) is 16.3. The summed E-state index contributed by atoms with van der Waals surface area (Å²) in [6.45, 7) is 4.33. The molecule has 1 heterocycles. The molecule has 0 aromatic carbocycles. The molecule has 6 nitrogen and oxygen atoms in total. The van der Waals surface area contributed by atoms with E-state index in [1.54, 1.807) is 6.08 Å². The molecular formula is C24H46NO5P. The van der Waals surface area contributed by atoms with E-state index in [1.807, 2.05) is 6.08 Å². The summed E-state index contributed by atoms with van der Waals surface area (Å²) in [5.74, 6) is -0.0657. The number of hydrogen-bond acceptors (Lipinski definition) is 4. The molecule has 1 aliphatic heterocycles. The molecule has 182 valence electrons. The van der Waals surface area contributed by atoms with Gasteiger partial charge in [-0.25, -0.2) is 4.57 Å².